The second-order valence-electron chi connectivity index (χ2n) is 5.34. The molecule has 21 heavy (non-hydrogen) atoms. The summed E-state index contributed by atoms with van der Waals surface area (Å²) in [7, 11) is 0. The van der Waals surface area contributed by atoms with Gasteiger partial charge >= 0.3 is 0 Å². The molecule has 2 aromatic heterocycles. The molecule has 3 heterocycles. The predicted molar refractivity (Wildman–Crippen MR) is 89.7 cm³/mol. The van der Waals surface area contributed by atoms with E-state index in [9.17, 15) is 0 Å². The molecule has 0 spiro atoms. The highest BCUT2D eigenvalue weighted by molar-refractivity contribution is 7.13. The molecule has 106 valence electrons. The molecule has 3 aromatic rings. The molecule has 0 atom stereocenters. The van der Waals surface area contributed by atoms with E-state index < -0.39 is 0 Å². The van der Waals surface area contributed by atoms with E-state index in [0.29, 0.717) is 0 Å². The molecule has 0 radical (unpaired) electrons. The van der Waals surface area contributed by atoms with Gasteiger partial charge in [0.15, 0.2) is 0 Å². The second-order valence-corrected chi connectivity index (χ2v) is 7.20. The topological polar surface area (TPSA) is 16.1 Å². The Balaban J connectivity index is 1.48. The van der Waals surface area contributed by atoms with Crippen LogP contribution in [0.25, 0.3) is 10.6 Å². The molecule has 0 fully saturated rings. The van der Waals surface area contributed by atoms with E-state index in [1.807, 2.05) is 17.4 Å². The van der Waals surface area contributed by atoms with Gasteiger partial charge in [0.2, 0.25) is 0 Å². The molecule has 0 aliphatic carbocycles. The van der Waals surface area contributed by atoms with E-state index in [-0.39, 0.29) is 0 Å². The lowest BCUT2D eigenvalue weighted by atomic mass is 10.1. The average Bonchev–Trinajstić information content (AvgIpc) is 3.17. The molecule has 0 amide bonds. The van der Waals surface area contributed by atoms with Crippen LogP contribution in [0.3, 0.4) is 0 Å². The first-order valence-corrected chi connectivity index (χ1v) is 8.92. The molecule has 0 unspecified atom stereocenters. The summed E-state index contributed by atoms with van der Waals surface area (Å²) < 4.78 is 0. The Morgan fingerprint density at radius 2 is 2.00 bits per heavy atom. The molecule has 1 aliphatic heterocycles. The third-order valence-corrected chi connectivity index (χ3v) is 5.81. The molecular weight excluding hydrogens is 296 g/mol. The number of hydrogen-bond acceptors (Lipinski definition) is 4. The molecule has 1 aliphatic rings. The smallest absolute Gasteiger partial charge is 0.123 e. The fraction of sp³-hybridized carbons (Fsp3) is 0.235. The van der Waals surface area contributed by atoms with Crippen LogP contribution in [0.15, 0.2) is 47.2 Å². The van der Waals surface area contributed by atoms with E-state index in [1.54, 1.807) is 16.2 Å². The van der Waals surface area contributed by atoms with Gasteiger partial charge in [-0.1, -0.05) is 30.3 Å². The minimum absolute atomic E-state index is 0.957. The first-order valence-electron chi connectivity index (χ1n) is 7.16. The Kier molecular flexibility index (Phi) is 3.59. The molecule has 4 heteroatoms. The van der Waals surface area contributed by atoms with Crippen molar-refractivity contribution >= 4 is 22.7 Å². The molecule has 2 nitrogen and oxygen atoms in total. The summed E-state index contributed by atoms with van der Waals surface area (Å²) in [6.07, 6.45) is 1.18. The monoisotopic (exact) mass is 312 g/mol. The minimum atomic E-state index is 0.957. The quantitative estimate of drug-likeness (QED) is 0.711. The lowest BCUT2D eigenvalue weighted by molar-refractivity contribution is 0.245. The molecular formula is C17H16N2S2. The van der Waals surface area contributed by atoms with Gasteiger partial charge in [-0.15, -0.1) is 22.7 Å². The molecule has 0 saturated carbocycles. The number of nitrogens with zero attached hydrogens (tertiary/aromatic N) is 2. The van der Waals surface area contributed by atoms with Gasteiger partial charge in [-0.2, -0.15) is 0 Å². The largest absolute Gasteiger partial charge is 0.293 e. The van der Waals surface area contributed by atoms with Gasteiger partial charge in [-0.3, -0.25) is 4.90 Å². The maximum absolute atomic E-state index is 4.80. The van der Waals surface area contributed by atoms with Crippen molar-refractivity contribution in [1.29, 1.82) is 0 Å². The molecule has 0 N–H and O–H groups in total. The van der Waals surface area contributed by atoms with Crippen LogP contribution in [0.2, 0.25) is 0 Å². The summed E-state index contributed by atoms with van der Waals surface area (Å²) in [5, 5.41) is 5.54. The first-order chi connectivity index (χ1) is 10.4. The number of fused-ring (bicyclic) bond motifs is 1. The van der Waals surface area contributed by atoms with E-state index >= 15 is 0 Å². The lowest BCUT2D eigenvalue weighted by Crippen LogP contribution is -2.29. The Hall–Kier alpha value is -1.49. The van der Waals surface area contributed by atoms with Crippen molar-refractivity contribution in [2.45, 2.75) is 19.5 Å². The van der Waals surface area contributed by atoms with Crippen LogP contribution < -0.4 is 0 Å². The fourth-order valence-electron chi connectivity index (χ4n) is 2.76. The van der Waals surface area contributed by atoms with Gasteiger partial charge in [0.1, 0.15) is 5.01 Å². The zero-order valence-corrected chi connectivity index (χ0v) is 13.3. The van der Waals surface area contributed by atoms with Crippen molar-refractivity contribution in [1.82, 2.24) is 9.88 Å². The molecule has 1 aromatic carbocycles. The number of benzene rings is 1. The van der Waals surface area contributed by atoms with Crippen LogP contribution in [0.5, 0.6) is 0 Å². The van der Waals surface area contributed by atoms with Crippen LogP contribution in [0.1, 0.15) is 16.1 Å². The fourth-order valence-corrected chi connectivity index (χ4v) is 4.47. The van der Waals surface area contributed by atoms with Crippen molar-refractivity contribution in [2.24, 2.45) is 0 Å². The van der Waals surface area contributed by atoms with Crippen LogP contribution in [0, 0.1) is 0 Å². The van der Waals surface area contributed by atoms with Gasteiger partial charge in [-0.05, 0) is 23.4 Å². The summed E-state index contributed by atoms with van der Waals surface area (Å²) in [4.78, 5) is 8.86. The molecule has 0 saturated heterocycles. The Morgan fingerprint density at radius 3 is 2.90 bits per heavy atom. The van der Waals surface area contributed by atoms with E-state index in [4.69, 9.17) is 4.98 Å². The summed E-state index contributed by atoms with van der Waals surface area (Å²) in [5.74, 6) is 0. The van der Waals surface area contributed by atoms with Crippen molar-refractivity contribution in [3.63, 3.8) is 0 Å². The number of thiophene rings is 1. The zero-order chi connectivity index (χ0) is 14.1. The maximum Gasteiger partial charge on any atom is 0.123 e. The van der Waals surface area contributed by atoms with Crippen molar-refractivity contribution < 1.29 is 0 Å². The average molecular weight is 312 g/mol. The van der Waals surface area contributed by atoms with Gasteiger partial charge in [0.25, 0.3) is 0 Å². The summed E-state index contributed by atoms with van der Waals surface area (Å²) in [6.45, 7) is 3.17. The third-order valence-electron chi connectivity index (χ3n) is 3.84. The number of thiazole rings is 1. The van der Waals surface area contributed by atoms with Crippen LogP contribution >= 0.6 is 22.7 Å². The van der Waals surface area contributed by atoms with Crippen LogP contribution in [0.4, 0.5) is 0 Å². The van der Waals surface area contributed by atoms with Crippen LogP contribution in [-0.2, 0) is 19.5 Å². The minimum Gasteiger partial charge on any atom is -0.293 e. The Labute approximate surface area is 132 Å². The standard InChI is InChI=1S/C17H16N2S2/c1-2-4-13(5-3-1)17-18-15(12-21-17)11-19-8-6-16-14(10-19)7-9-20-16/h1-5,7,9,12H,6,8,10-11H2. The lowest BCUT2D eigenvalue weighted by Gasteiger charge is -2.25. The van der Waals surface area contributed by atoms with Gasteiger partial charge in [-0.25, -0.2) is 4.98 Å². The summed E-state index contributed by atoms with van der Waals surface area (Å²) in [6, 6.07) is 12.7. The van der Waals surface area contributed by atoms with Crippen molar-refractivity contribution in [3.8, 4) is 10.6 Å². The third kappa shape index (κ3) is 2.79. The van der Waals surface area contributed by atoms with E-state index in [0.717, 1.165) is 24.6 Å². The van der Waals surface area contributed by atoms with Gasteiger partial charge < -0.3 is 0 Å². The number of hydrogen-bond donors (Lipinski definition) is 0. The highest BCUT2D eigenvalue weighted by Crippen LogP contribution is 2.27. The summed E-state index contributed by atoms with van der Waals surface area (Å²) in [5.41, 5.74) is 3.91. The Morgan fingerprint density at radius 1 is 1.10 bits per heavy atom. The normalized spacial score (nSPS) is 15.0. The summed E-state index contributed by atoms with van der Waals surface area (Å²) >= 11 is 3.64. The zero-order valence-electron chi connectivity index (χ0n) is 11.7. The van der Waals surface area contributed by atoms with Gasteiger partial charge in [0.05, 0.1) is 5.69 Å². The highest BCUT2D eigenvalue weighted by Gasteiger charge is 2.18. The van der Waals surface area contributed by atoms with E-state index in [1.165, 1.54) is 23.2 Å². The number of rotatable bonds is 3. The van der Waals surface area contributed by atoms with E-state index in [2.05, 4.69) is 46.0 Å². The van der Waals surface area contributed by atoms with Crippen LogP contribution in [-0.4, -0.2) is 16.4 Å². The SMILES string of the molecule is c1ccc(-c2nc(CN3CCc4sccc4C3)cs2)cc1. The van der Waals surface area contributed by atoms with Crippen molar-refractivity contribution in [3.05, 3.63) is 63.3 Å². The van der Waals surface area contributed by atoms with Crippen molar-refractivity contribution in [2.75, 3.05) is 6.54 Å². The predicted octanol–water partition coefficient (Wildman–Crippen LogP) is 4.43. The number of aromatic nitrogens is 1. The Bertz CT molecular complexity index is 730. The molecule has 0 bridgehead atoms. The maximum atomic E-state index is 4.80. The highest BCUT2D eigenvalue weighted by atomic mass is 32.1. The second kappa shape index (κ2) is 5.72. The molecule has 4 rings (SSSR count). The van der Waals surface area contributed by atoms with Gasteiger partial charge in [0, 0.05) is 35.5 Å². The first kappa shape index (κ1) is 13.2.